The molecule has 17 amide bonds. The summed E-state index contributed by atoms with van der Waals surface area (Å²) in [5, 5.41) is 51.9. The third-order valence-electron chi connectivity index (χ3n) is 18.2. The number of nitrogens with one attached hydrogen (secondary N) is 13. The molecule has 12 atom stereocenters. The lowest BCUT2D eigenvalue weighted by Crippen LogP contribution is -2.64. The normalized spacial score (nSPS) is 14.6. The Morgan fingerprint density at radius 2 is 0.880 bits per heavy atom. The Labute approximate surface area is 682 Å². The summed E-state index contributed by atoms with van der Waals surface area (Å²) in [7, 11) is 1.40. The van der Waals surface area contributed by atoms with Gasteiger partial charge in [0.1, 0.15) is 77.7 Å². The molecule has 41 heteroatoms. The van der Waals surface area contributed by atoms with E-state index < -0.39 is 245 Å². The maximum Gasteiger partial charge on any atom is 0.303 e. The Morgan fingerprint density at radius 1 is 0.453 bits per heavy atom. The number of carbonyl (C=O) groups is 18. The zero-order valence-corrected chi connectivity index (χ0v) is 67.5. The van der Waals surface area contributed by atoms with E-state index in [0.29, 0.717) is 38.7 Å². The van der Waals surface area contributed by atoms with Gasteiger partial charge in [-0.1, -0.05) is 72.8 Å². The number of methoxy groups -OCH3 is 1. The van der Waals surface area contributed by atoms with Crippen LogP contribution >= 0.6 is 25.3 Å². The van der Waals surface area contributed by atoms with Crippen molar-refractivity contribution in [1.29, 1.82) is 0 Å². The Kier molecular flexibility index (Phi) is 34.8. The molecule has 634 valence electrons. The van der Waals surface area contributed by atoms with Gasteiger partial charge >= 0.3 is 5.97 Å². The van der Waals surface area contributed by atoms with Crippen LogP contribution in [0.3, 0.4) is 0 Å². The highest BCUT2D eigenvalue weighted by molar-refractivity contribution is 7.82. The molecule has 0 fully saturated rings. The fourth-order valence-electron chi connectivity index (χ4n) is 12.0. The highest BCUT2D eigenvalue weighted by Crippen LogP contribution is 2.24. The second-order valence-electron chi connectivity index (χ2n) is 29.5. The summed E-state index contributed by atoms with van der Waals surface area (Å²) in [6.45, 7) is 10.3. The molecule has 0 unspecified atom stereocenters. The number of rotatable bonds is 46. The van der Waals surface area contributed by atoms with Gasteiger partial charge in [-0.3, -0.25) is 86.3 Å². The van der Waals surface area contributed by atoms with Gasteiger partial charge in [0.05, 0.1) is 32.5 Å². The third kappa shape index (κ3) is 30.1. The first-order valence-electron chi connectivity index (χ1n) is 36.6. The quantitative estimate of drug-likeness (QED) is 0.0164. The van der Waals surface area contributed by atoms with Crippen LogP contribution in [-0.2, 0) is 106 Å². The smallest absolute Gasteiger partial charge is 0.303 e. The monoisotopic (exact) mass is 1670 g/mol. The molecule has 0 aliphatic rings. The first-order chi connectivity index (χ1) is 54.6. The van der Waals surface area contributed by atoms with Crippen molar-refractivity contribution in [2.24, 2.45) is 28.7 Å². The SMILES string of the molecule is COc1ccc(C[C@H](NC(=O)[C@@H](NC(=O)[C@H](CCC(N)=O)NC(=O)[C@H](Cc2c[nH]c3ccccc23)NC(=O)[C@@H](NC(=O)[C@H](CC(N)=O)NC(=O)[C@@H](NC(C)=O)C(C)(C)S)[C@@H](C)O)C(C)(C)S)C(=O)N[C@@H](Cc2ccc3ccccc3c2)C(=O)NC(C)(C)C(=O)N[C@@H](CCC(=O)O)C(=O)N[C@@H](CC(N)=O)C(=O)N[C@@H](CC(N)=O)C(N)=O)cc1. The van der Waals surface area contributed by atoms with Crippen LogP contribution < -0.4 is 97.2 Å². The molecule has 5 aromatic rings. The van der Waals surface area contributed by atoms with E-state index in [-0.39, 0.29) is 12.8 Å². The molecule has 1 aromatic heterocycles. The van der Waals surface area contributed by atoms with E-state index in [0.717, 1.165) is 19.2 Å². The molecule has 25 N–H and O–H groups in total. The number of H-pyrrole nitrogens is 1. The van der Waals surface area contributed by atoms with Gasteiger partial charge in [-0.15, -0.1) is 0 Å². The zero-order chi connectivity index (χ0) is 87.7. The summed E-state index contributed by atoms with van der Waals surface area (Å²) >= 11 is 9.09. The van der Waals surface area contributed by atoms with Crippen molar-refractivity contribution in [3.05, 3.63) is 114 Å². The lowest BCUT2D eigenvalue weighted by atomic mass is 9.97. The molecule has 39 nitrogen and oxygen atoms in total. The molecular weight excluding hydrogens is 1570 g/mol. The Hall–Kier alpha value is -12.4. The number of amides is 17. The summed E-state index contributed by atoms with van der Waals surface area (Å²) in [6.07, 6.45) is -6.60. The van der Waals surface area contributed by atoms with Gasteiger partial charge in [-0.25, -0.2) is 0 Å². The standard InChI is InChI=1S/C76H102N18O21S2/c1-36(95)59(92-68(109)53(34-57(80)100)90-71(112)60(75(5,6)116)83-37(2)96)70(111)88-51(31-42-35-82-45-17-13-12-16-44(42)45)66(107)84-46(24-26-54(77)97)64(105)93-61(76(7,8)117)72(113)89-49(29-38-19-22-43(115-9)23-20-38)65(106)86-50(30-39-18-21-40-14-10-11-15-41(40)28-39)69(110)94-74(3,4)73(114)91-47(25-27-58(101)102)63(104)87-52(33-56(79)99)67(108)85-48(62(81)103)32-55(78)98/h10-23,28,35-36,46-53,59-61,82,95,116-117H,24-27,29-34H2,1-9H3,(H2,77,97)(H2,78,98)(H2,79,99)(H2,80,100)(H2,81,103)(H,83,96)(H,84,107)(H,85,108)(H,86,106)(H,87,104)(H,88,111)(H,89,113)(H,90,112)(H,91,114)(H,92,109)(H,93,105)(H,94,110)(H,101,102)/t36-,46+,47+,48+,49+,50+,51+,52+,53+,59+,60-,61-/m1/s1. The van der Waals surface area contributed by atoms with Gasteiger partial charge in [-0.2, -0.15) is 25.3 Å². The van der Waals surface area contributed by atoms with Gasteiger partial charge in [0.2, 0.25) is 100 Å². The number of ether oxygens (including phenoxy) is 1. The second-order valence-corrected chi connectivity index (χ2v) is 31.8. The minimum Gasteiger partial charge on any atom is -0.497 e. The van der Waals surface area contributed by atoms with E-state index in [1.165, 1.54) is 54.8 Å². The largest absolute Gasteiger partial charge is 0.497 e. The van der Waals surface area contributed by atoms with Gasteiger partial charge in [0.25, 0.3) is 0 Å². The summed E-state index contributed by atoms with van der Waals surface area (Å²) in [5.74, 6) is -20.0. The maximum atomic E-state index is 15.3. The van der Waals surface area contributed by atoms with Crippen LogP contribution in [0.15, 0.2) is 97.2 Å². The highest BCUT2D eigenvalue weighted by Gasteiger charge is 2.43. The number of fused-ring (bicyclic) bond motifs is 2. The number of aliphatic carboxylic acids is 1. The van der Waals surface area contributed by atoms with E-state index in [4.69, 9.17) is 46.0 Å². The predicted octanol–water partition coefficient (Wildman–Crippen LogP) is -4.36. The number of aromatic nitrogens is 1. The minimum absolute atomic E-state index is 0.337. The summed E-state index contributed by atoms with van der Waals surface area (Å²) in [5.41, 5.74) is 26.6. The zero-order valence-electron chi connectivity index (χ0n) is 65.7. The molecule has 0 spiro atoms. The molecule has 1 heterocycles. The topological polar surface area (TPSA) is 647 Å². The number of hydrogen-bond donors (Lipinski definition) is 22. The van der Waals surface area contributed by atoms with Crippen molar-refractivity contribution >= 4 is 153 Å². The molecule has 0 saturated carbocycles. The number of aliphatic hydroxyl groups excluding tert-OH is 1. The number of thiol groups is 2. The molecule has 5 rings (SSSR count). The second kappa shape index (κ2) is 42.8. The van der Waals surface area contributed by atoms with Crippen molar-refractivity contribution in [2.75, 3.05) is 7.11 Å². The Bertz CT molecular complexity index is 4540. The van der Waals surface area contributed by atoms with Crippen LogP contribution in [-0.4, -0.2) is 216 Å². The summed E-state index contributed by atoms with van der Waals surface area (Å²) in [4.78, 5) is 248. The number of aromatic amines is 1. The van der Waals surface area contributed by atoms with Gasteiger partial charge in [-0.05, 0) is 107 Å². The number of carboxylic acid groups (broad SMARTS) is 1. The molecule has 0 aliphatic heterocycles. The summed E-state index contributed by atoms with van der Waals surface area (Å²) in [6, 6.07) is 5.71. The van der Waals surface area contributed by atoms with E-state index >= 15 is 19.2 Å². The van der Waals surface area contributed by atoms with Crippen molar-refractivity contribution in [3.8, 4) is 5.75 Å². The average Bonchev–Trinajstić information content (AvgIpc) is 1.77. The number of aliphatic hydroxyl groups is 1. The molecule has 4 aromatic carbocycles. The van der Waals surface area contributed by atoms with Crippen LogP contribution in [0.4, 0.5) is 0 Å². The first-order valence-corrected chi connectivity index (χ1v) is 37.5. The van der Waals surface area contributed by atoms with Gasteiger partial charge in [0.15, 0.2) is 0 Å². The van der Waals surface area contributed by atoms with Crippen molar-refractivity contribution in [3.63, 3.8) is 0 Å². The number of hydrogen-bond acceptors (Lipinski definition) is 22. The van der Waals surface area contributed by atoms with Crippen LogP contribution in [0.2, 0.25) is 0 Å². The highest BCUT2D eigenvalue weighted by atomic mass is 32.1. The molecular formula is C76H102N18O21S2. The van der Waals surface area contributed by atoms with E-state index in [9.17, 15) is 77.3 Å². The number of nitrogens with two attached hydrogens (primary N) is 5. The third-order valence-corrected chi connectivity index (χ3v) is 18.7. The van der Waals surface area contributed by atoms with Crippen LogP contribution in [0, 0.1) is 0 Å². The number of para-hydroxylation sites is 1. The van der Waals surface area contributed by atoms with Crippen LogP contribution in [0.5, 0.6) is 5.75 Å². The van der Waals surface area contributed by atoms with Gasteiger partial charge < -0.3 is 112 Å². The van der Waals surface area contributed by atoms with E-state index in [2.05, 4.69) is 81.4 Å². The lowest BCUT2D eigenvalue weighted by molar-refractivity contribution is -0.139. The van der Waals surface area contributed by atoms with E-state index in [1.54, 1.807) is 84.9 Å². The van der Waals surface area contributed by atoms with Crippen molar-refractivity contribution < 1.29 is 101 Å². The maximum absolute atomic E-state index is 15.3. The fourth-order valence-corrected chi connectivity index (χ4v) is 12.3. The first kappa shape index (κ1) is 95.2. The molecule has 0 bridgehead atoms. The van der Waals surface area contributed by atoms with Crippen molar-refractivity contribution in [1.82, 2.24) is 68.8 Å². The summed E-state index contributed by atoms with van der Waals surface area (Å²) < 4.78 is 2.47. The molecule has 0 radical (unpaired) electrons. The van der Waals surface area contributed by atoms with Crippen molar-refractivity contribution in [2.45, 2.75) is 207 Å². The molecule has 0 saturated heterocycles. The number of benzene rings is 4. The number of carboxylic acids is 1. The van der Waals surface area contributed by atoms with Crippen LogP contribution in [0.1, 0.15) is 117 Å². The number of carbonyl (C=O) groups excluding carboxylic acids is 17. The van der Waals surface area contributed by atoms with Gasteiger partial charge in [0, 0.05) is 65.6 Å². The fraction of sp³-hybridized carbons (Fsp3) is 0.447. The predicted molar refractivity (Wildman–Crippen MR) is 429 cm³/mol. The minimum atomic E-state index is -2.12. The average molecular weight is 1670 g/mol. The van der Waals surface area contributed by atoms with E-state index in [1.807, 2.05) is 6.07 Å². The molecule has 117 heavy (non-hydrogen) atoms. The Balaban J connectivity index is 1.51. The molecule has 0 aliphatic carbocycles. The Morgan fingerprint density at radius 3 is 1.42 bits per heavy atom. The number of primary amides is 5. The van der Waals surface area contributed by atoms with Crippen LogP contribution in [0.25, 0.3) is 21.7 Å². The lowest BCUT2D eigenvalue weighted by Gasteiger charge is -2.33.